The molecule has 2 aromatic rings. The fourth-order valence-corrected chi connectivity index (χ4v) is 1.65. The number of nitriles is 1. The van der Waals surface area contributed by atoms with E-state index in [1.54, 1.807) is 24.3 Å². The number of hydrogen-bond donors (Lipinski definition) is 0. The summed E-state index contributed by atoms with van der Waals surface area (Å²) in [6, 6.07) is 12.3. The highest BCUT2D eigenvalue weighted by Gasteiger charge is 2.04. The zero-order valence-corrected chi connectivity index (χ0v) is 8.95. The molecule has 0 bridgehead atoms. The van der Waals surface area contributed by atoms with Gasteiger partial charge < -0.3 is 0 Å². The van der Waals surface area contributed by atoms with Crippen molar-refractivity contribution in [2.75, 3.05) is 0 Å². The number of hydrogen-bond acceptors (Lipinski definition) is 1. The van der Waals surface area contributed by atoms with Crippen LogP contribution in [-0.4, -0.2) is 0 Å². The summed E-state index contributed by atoms with van der Waals surface area (Å²) in [7, 11) is 0. The third kappa shape index (κ3) is 2.67. The van der Waals surface area contributed by atoms with E-state index in [2.05, 4.69) is 0 Å². The molecule has 0 aliphatic heterocycles. The van der Waals surface area contributed by atoms with Crippen LogP contribution in [-0.2, 0) is 6.42 Å². The molecule has 0 heterocycles. The first-order valence-corrected chi connectivity index (χ1v) is 5.12. The van der Waals surface area contributed by atoms with Crippen LogP contribution in [0.2, 0.25) is 0 Å². The van der Waals surface area contributed by atoms with Crippen molar-refractivity contribution in [1.29, 1.82) is 5.26 Å². The van der Waals surface area contributed by atoms with Crippen LogP contribution in [0.4, 0.5) is 8.78 Å². The molecule has 0 saturated heterocycles. The minimum Gasteiger partial charge on any atom is -0.207 e. The minimum atomic E-state index is -0.532. The fourth-order valence-electron chi connectivity index (χ4n) is 1.65. The molecule has 17 heavy (non-hydrogen) atoms. The van der Waals surface area contributed by atoms with Crippen molar-refractivity contribution in [3.63, 3.8) is 0 Å². The van der Waals surface area contributed by atoms with E-state index in [0.29, 0.717) is 6.42 Å². The molecule has 2 aromatic carbocycles. The number of rotatable bonds is 2. The maximum Gasteiger partial charge on any atom is 0.140 e. The highest BCUT2D eigenvalue weighted by molar-refractivity contribution is 5.36. The van der Waals surface area contributed by atoms with Gasteiger partial charge in [0, 0.05) is 0 Å². The molecule has 0 aliphatic carbocycles. The van der Waals surface area contributed by atoms with Crippen molar-refractivity contribution < 1.29 is 8.78 Å². The standard InChI is InChI=1S/C14H9F2N/c15-13-3-1-2-10(8-13)6-11-4-5-14(16)12(7-11)9-17/h1-5,7-8H,6H2. The van der Waals surface area contributed by atoms with E-state index in [-0.39, 0.29) is 11.4 Å². The van der Waals surface area contributed by atoms with Crippen LogP contribution in [0, 0.1) is 23.0 Å². The summed E-state index contributed by atoms with van der Waals surface area (Å²) >= 11 is 0. The predicted octanol–water partition coefficient (Wildman–Crippen LogP) is 3.43. The Morgan fingerprint density at radius 1 is 1.00 bits per heavy atom. The molecular formula is C14H9F2N. The van der Waals surface area contributed by atoms with Gasteiger partial charge in [-0.2, -0.15) is 5.26 Å². The molecule has 84 valence electrons. The van der Waals surface area contributed by atoms with Gasteiger partial charge in [0.05, 0.1) is 5.56 Å². The Kier molecular flexibility index (Phi) is 3.15. The summed E-state index contributed by atoms with van der Waals surface area (Å²) in [5.41, 5.74) is 1.59. The van der Waals surface area contributed by atoms with Crippen molar-refractivity contribution in [2.45, 2.75) is 6.42 Å². The Labute approximate surface area is 97.9 Å². The first-order chi connectivity index (χ1) is 8.19. The van der Waals surface area contributed by atoms with Crippen LogP contribution < -0.4 is 0 Å². The van der Waals surface area contributed by atoms with Gasteiger partial charge in [0.1, 0.15) is 17.7 Å². The summed E-state index contributed by atoms with van der Waals surface area (Å²) in [4.78, 5) is 0. The fraction of sp³-hybridized carbons (Fsp3) is 0.0714. The van der Waals surface area contributed by atoms with Crippen LogP contribution in [0.1, 0.15) is 16.7 Å². The summed E-state index contributed by atoms with van der Waals surface area (Å²) < 4.78 is 26.1. The molecule has 0 amide bonds. The molecule has 0 fully saturated rings. The smallest absolute Gasteiger partial charge is 0.140 e. The lowest BCUT2D eigenvalue weighted by molar-refractivity contribution is 0.622. The second-order valence-corrected chi connectivity index (χ2v) is 3.73. The van der Waals surface area contributed by atoms with E-state index >= 15 is 0 Å². The average Bonchev–Trinajstić information content (AvgIpc) is 2.32. The molecule has 0 unspecified atom stereocenters. The maximum atomic E-state index is 13.1. The van der Waals surface area contributed by atoms with Gasteiger partial charge in [-0.05, 0) is 41.8 Å². The van der Waals surface area contributed by atoms with Crippen LogP contribution in [0.15, 0.2) is 42.5 Å². The molecule has 0 aliphatic rings. The number of benzene rings is 2. The van der Waals surface area contributed by atoms with E-state index in [9.17, 15) is 8.78 Å². The van der Waals surface area contributed by atoms with Gasteiger partial charge in [0.15, 0.2) is 0 Å². The molecule has 0 N–H and O–H groups in total. The van der Waals surface area contributed by atoms with Crippen molar-refractivity contribution in [2.24, 2.45) is 0 Å². The monoisotopic (exact) mass is 229 g/mol. The van der Waals surface area contributed by atoms with Crippen molar-refractivity contribution in [3.05, 3.63) is 70.8 Å². The van der Waals surface area contributed by atoms with Gasteiger partial charge in [-0.3, -0.25) is 0 Å². The summed E-state index contributed by atoms with van der Waals surface area (Å²) in [6.07, 6.45) is 0.479. The van der Waals surface area contributed by atoms with Crippen LogP contribution in [0.3, 0.4) is 0 Å². The Morgan fingerprint density at radius 3 is 2.47 bits per heavy atom. The molecular weight excluding hydrogens is 220 g/mol. The Bertz CT molecular complexity index is 585. The summed E-state index contributed by atoms with van der Waals surface area (Å²) in [6.45, 7) is 0. The molecule has 2 rings (SSSR count). The van der Waals surface area contributed by atoms with Gasteiger partial charge in [0.25, 0.3) is 0 Å². The van der Waals surface area contributed by atoms with Gasteiger partial charge in [-0.15, -0.1) is 0 Å². The van der Waals surface area contributed by atoms with E-state index in [1.165, 1.54) is 24.3 Å². The lowest BCUT2D eigenvalue weighted by Gasteiger charge is -2.03. The normalized spacial score (nSPS) is 9.94. The Morgan fingerprint density at radius 2 is 1.76 bits per heavy atom. The van der Waals surface area contributed by atoms with Crippen LogP contribution >= 0.6 is 0 Å². The maximum absolute atomic E-state index is 13.1. The third-order valence-electron chi connectivity index (χ3n) is 2.45. The largest absolute Gasteiger partial charge is 0.207 e. The zero-order chi connectivity index (χ0) is 12.3. The van der Waals surface area contributed by atoms with Gasteiger partial charge in [-0.1, -0.05) is 18.2 Å². The predicted molar refractivity (Wildman–Crippen MR) is 60.3 cm³/mol. The molecule has 0 spiro atoms. The topological polar surface area (TPSA) is 23.8 Å². The molecule has 0 radical (unpaired) electrons. The third-order valence-corrected chi connectivity index (χ3v) is 2.45. The SMILES string of the molecule is N#Cc1cc(Cc2cccc(F)c2)ccc1F. The van der Waals surface area contributed by atoms with Gasteiger partial charge in [0.2, 0.25) is 0 Å². The first kappa shape index (κ1) is 11.3. The molecule has 1 nitrogen and oxygen atoms in total. The highest BCUT2D eigenvalue weighted by atomic mass is 19.1. The Balaban J connectivity index is 2.28. The second-order valence-electron chi connectivity index (χ2n) is 3.73. The van der Waals surface area contributed by atoms with E-state index < -0.39 is 5.82 Å². The quantitative estimate of drug-likeness (QED) is 0.774. The summed E-state index contributed by atoms with van der Waals surface area (Å²) in [5.74, 6) is -0.833. The average molecular weight is 229 g/mol. The van der Waals surface area contributed by atoms with Gasteiger partial charge in [-0.25, -0.2) is 8.78 Å². The summed E-state index contributed by atoms with van der Waals surface area (Å²) in [5, 5.41) is 8.70. The molecule has 3 heteroatoms. The lowest BCUT2D eigenvalue weighted by Crippen LogP contribution is -1.92. The molecule has 0 saturated carbocycles. The van der Waals surface area contributed by atoms with Crippen molar-refractivity contribution in [1.82, 2.24) is 0 Å². The first-order valence-electron chi connectivity index (χ1n) is 5.12. The van der Waals surface area contributed by atoms with Crippen molar-refractivity contribution >= 4 is 0 Å². The minimum absolute atomic E-state index is 0.0129. The number of halogens is 2. The van der Waals surface area contributed by atoms with Crippen molar-refractivity contribution in [3.8, 4) is 6.07 Å². The number of nitrogens with zero attached hydrogens (tertiary/aromatic N) is 1. The van der Waals surface area contributed by atoms with E-state index in [0.717, 1.165) is 11.1 Å². The molecule has 0 aromatic heterocycles. The van der Waals surface area contributed by atoms with E-state index in [1.807, 2.05) is 0 Å². The van der Waals surface area contributed by atoms with E-state index in [4.69, 9.17) is 5.26 Å². The highest BCUT2D eigenvalue weighted by Crippen LogP contribution is 2.14. The molecule has 0 atom stereocenters. The van der Waals surface area contributed by atoms with Crippen LogP contribution in [0.5, 0.6) is 0 Å². The zero-order valence-electron chi connectivity index (χ0n) is 8.95. The van der Waals surface area contributed by atoms with Gasteiger partial charge >= 0.3 is 0 Å². The Hall–Kier alpha value is -2.21. The second kappa shape index (κ2) is 4.75. The lowest BCUT2D eigenvalue weighted by atomic mass is 10.0. The van der Waals surface area contributed by atoms with Crippen LogP contribution in [0.25, 0.3) is 0 Å².